The van der Waals surface area contributed by atoms with E-state index >= 15 is 0 Å². The summed E-state index contributed by atoms with van der Waals surface area (Å²) < 4.78 is 25.2. The zero-order valence-corrected chi connectivity index (χ0v) is 13.6. The Morgan fingerprint density at radius 1 is 1.25 bits per heavy atom. The van der Waals surface area contributed by atoms with Crippen molar-refractivity contribution in [1.29, 1.82) is 0 Å². The first-order valence-electron chi connectivity index (χ1n) is 6.38. The highest BCUT2D eigenvalue weighted by Gasteiger charge is 2.25. The van der Waals surface area contributed by atoms with Gasteiger partial charge in [0.15, 0.2) is 0 Å². The van der Waals surface area contributed by atoms with E-state index in [0.717, 1.165) is 4.47 Å². The maximum Gasteiger partial charge on any atom is 0.251 e. The van der Waals surface area contributed by atoms with E-state index in [9.17, 15) is 13.2 Å². The summed E-state index contributed by atoms with van der Waals surface area (Å²) in [6.07, 6.45) is 2.51. The lowest BCUT2D eigenvalue weighted by molar-refractivity contribution is 0.0924. The second kappa shape index (κ2) is 6.24. The molecule has 0 aliphatic carbocycles. The zero-order chi connectivity index (χ0) is 14.8. The van der Waals surface area contributed by atoms with Crippen LogP contribution in [0.4, 0.5) is 0 Å². The Morgan fingerprint density at radius 2 is 1.80 bits per heavy atom. The standard InChI is InChI=1S/C13H17BrN2O3S/c1-20(18,19)16-8-6-12(7-9-16)15-13(17)10-2-4-11(14)5-3-10/h2-5,12H,6-9H2,1H3,(H,15,17). The maximum absolute atomic E-state index is 12.0. The van der Waals surface area contributed by atoms with Crippen molar-refractivity contribution in [3.63, 3.8) is 0 Å². The third kappa shape index (κ3) is 4.04. The normalized spacial score (nSPS) is 17.9. The summed E-state index contributed by atoms with van der Waals surface area (Å²) >= 11 is 3.32. The summed E-state index contributed by atoms with van der Waals surface area (Å²) in [6, 6.07) is 7.18. The number of carbonyl (C=O) groups excluding carboxylic acids is 1. The molecule has 1 aromatic rings. The van der Waals surface area contributed by atoms with Crippen LogP contribution in [0.15, 0.2) is 28.7 Å². The molecule has 1 N–H and O–H groups in total. The highest BCUT2D eigenvalue weighted by Crippen LogP contribution is 2.15. The Labute approximate surface area is 127 Å². The lowest BCUT2D eigenvalue weighted by Gasteiger charge is -2.30. The predicted octanol–water partition coefficient (Wildman–Crippen LogP) is 1.60. The molecule has 7 heteroatoms. The number of nitrogens with zero attached hydrogens (tertiary/aromatic N) is 1. The van der Waals surface area contributed by atoms with Crippen LogP contribution in [0.2, 0.25) is 0 Å². The van der Waals surface area contributed by atoms with Crippen molar-refractivity contribution >= 4 is 31.9 Å². The van der Waals surface area contributed by atoms with Crippen LogP contribution in [0.5, 0.6) is 0 Å². The molecule has 0 saturated carbocycles. The Kier molecular flexibility index (Phi) is 4.82. The highest BCUT2D eigenvalue weighted by molar-refractivity contribution is 9.10. The monoisotopic (exact) mass is 360 g/mol. The van der Waals surface area contributed by atoms with Crippen molar-refractivity contribution in [2.24, 2.45) is 0 Å². The molecule has 1 saturated heterocycles. The molecule has 20 heavy (non-hydrogen) atoms. The number of piperidine rings is 1. The molecule has 0 atom stereocenters. The SMILES string of the molecule is CS(=O)(=O)N1CCC(NC(=O)c2ccc(Br)cc2)CC1. The van der Waals surface area contributed by atoms with Crippen molar-refractivity contribution < 1.29 is 13.2 Å². The van der Waals surface area contributed by atoms with Crippen LogP contribution in [0.3, 0.4) is 0 Å². The molecular weight excluding hydrogens is 344 g/mol. The lowest BCUT2D eigenvalue weighted by Crippen LogP contribution is -2.46. The number of hydrogen-bond acceptors (Lipinski definition) is 3. The van der Waals surface area contributed by atoms with Crippen LogP contribution in [0.1, 0.15) is 23.2 Å². The topological polar surface area (TPSA) is 66.5 Å². The van der Waals surface area contributed by atoms with E-state index in [1.54, 1.807) is 12.1 Å². The zero-order valence-electron chi connectivity index (χ0n) is 11.2. The molecule has 0 aromatic heterocycles. The second-order valence-electron chi connectivity index (χ2n) is 4.92. The average molecular weight is 361 g/mol. The second-order valence-corrected chi connectivity index (χ2v) is 7.81. The molecule has 1 amide bonds. The van der Waals surface area contributed by atoms with E-state index in [1.165, 1.54) is 10.6 Å². The van der Waals surface area contributed by atoms with E-state index in [4.69, 9.17) is 0 Å². The summed E-state index contributed by atoms with van der Waals surface area (Å²) in [5.74, 6) is -0.115. The van der Waals surface area contributed by atoms with Gasteiger partial charge in [0.2, 0.25) is 10.0 Å². The first-order valence-corrected chi connectivity index (χ1v) is 9.02. The van der Waals surface area contributed by atoms with E-state index in [2.05, 4.69) is 21.2 Å². The van der Waals surface area contributed by atoms with Gasteiger partial charge in [-0.25, -0.2) is 12.7 Å². The number of carbonyl (C=O) groups is 1. The van der Waals surface area contributed by atoms with Crippen molar-refractivity contribution in [1.82, 2.24) is 9.62 Å². The van der Waals surface area contributed by atoms with Crippen LogP contribution in [0.25, 0.3) is 0 Å². The van der Waals surface area contributed by atoms with Crippen LogP contribution in [0, 0.1) is 0 Å². The number of nitrogens with one attached hydrogen (secondary N) is 1. The van der Waals surface area contributed by atoms with Gasteiger partial charge in [-0.2, -0.15) is 0 Å². The van der Waals surface area contributed by atoms with Gasteiger partial charge in [-0.3, -0.25) is 4.79 Å². The largest absolute Gasteiger partial charge is 0.349 e. The van der Waals surface area contributed by atoms with Gasteiger partial charge in [0, 0.05) is 29.2 Å². The first-order chi connectivity index (χ1) is 9.36. The molecule has 1 aliphatic heterocycles. The minimum Gasteiger partial charge on any atom is -0.349 e. The lowest BCUT2D eigenvalue weighted by atomic mass is 10.1. The van der Waals surface area contributed by atoms with Gasteiger partial charge in [0.05, 0.1) is 6.26 Å². The van der Waals surface area contributed by atoms with Gasteiger partial charge in [-0.15, -0.1) is 0 Å². The number of rotatable bonds is 3. The van der Waals surface area contributed by atoms with E-state index in [-0.39, 0.29) is 11.9 Å². The van der Waals surface area contributed by atoms with Gasteiger partial charge >= 0.3 is 0 Å². The number of halogens is 1. The van der Waals surface area contributed by atoms with Crippen molar-refractivity contribution in [3.8, 4) is 0 Å². The van der Waals surface area contributed by atoms with Gasteiger partial charge in [0.1, 0.15) is 0 Å². The number of benzene rings is 1. The molecule has 0 unspecified atom stereocenters. The molecule has 1 aromatic carbocycles. The molecule has 0 radical (unpaired) electrons. The van der Waals surface area contributed by atoms with Crippen molar-refractivity contribution in [2.75, 3.05) is 19.3 Å². The van der Waals surface area contributed by atoms with Crippen LogP contribution >= 0.6 is 15.9 Å². The Bertz CT molecular complexity index is 578. The highest BCUT2D eigenvalue weighted by atomic mass is 79.9. The minimum absolute atomic E-state index is 0.0316. The minimum atomic E-state index is -3.12. The Morgan fingerprint density at radius 3 is 2.30 bits per heavy atom. The smallest absolute Gasteiger partial charge is 0.251 e. The summed E-state index contributed by atoms with van der Waals surface area (Å²) in [7, 11) is -3.12. The maximum atomic E-state index is 12.0. The van der Waals surface area contributed by atoms with E-state index in [1.807, 2.05) is 12.1 Å². The van der Waals surface area contributed by atoms with Gasteiger partial charge in [-0.05, 0) is 37.1 Å². The molecule has 1 fully saturated rings. The predicted molar refractivity (Wildman–Crippen MR) is 81.0 cm³/mol. The van der Waals surface area contributed by atoms with E-state index < -0.39 is 10.0 Å². The Hall–Kier alpha value is -0.920. The molecule has 1 heterocycles. The summed E-state index contributed by atoms with van der Waals surface area (Å²) in [4.78, 5) is 12.0. The number of amides is 1. The van der Waals surface area contributed by atoms with Crippen LogP contribution < -0.4 is 5.32 Å². The van der Waals surface area contributed by atoms with Crippen LogP contribution in [-0.2, 0) is 10.0 Å². The van der Waals surface area contributed by atoms with Gasteiger partial charge in [-0.1, -0.05) is 15.9 Å². The third-order valence-electron chi connectivity index (χ3n) is 3.36. The Balaban J connectivity index is 1.89. The summed E-state index contributed by atoms with van der Waals surface area (Å²) in [5.41, 5.74) is 0.610. The molecule has 2 rings (SSSR count). The molecule has 1 aliphatic rings. The molecule has 110 valence electrons. The van der Waals surface area contributed by atoms with Gasteiger partial charge in [0.25, 0.3) is 5.91 Å². The van der Waals surface area contributed by atoms with Gasteiger partial charge < -0.3 is 5.32 Å². The number of sulfonamides is 1. The fourth-order valence-corrected chi connectivity index (χ4v) is 3.34. The summed E-state index contributed by atoms with van der Waals surface area (Å²) in [6.45, 7) is 0.925. The quantitative estimate of drug-likeness (QED) is 0.890. The molecule has 0 spiro atoms. The number of hydrogen-bond donors (Lipinski definition) is 1. The van der Waals surface area contributed by atoms with Crippen LogP contribution in [-0.4, -0.2) is 44.0 Å². The fraction of sp³-hybridized carbons (Fsp3) is 0.462. The van der Waals surface area contributed by atoms with E-state index in [0.29, 0.717) is 31.5 Å². The van der Waals surface area contributed by atoms with Crippen molar-refractivity contribution in [3.05, 3.63) is 34.3 Å². The first kappa shape index (κ1) is 15.5. The third-order valence-corrected chi connectivity index (χ3v) is 5.20. The molecule has 0 bridgehead atoms. The average Bonchev–Trinajstić information content (AvgIpc) is 2.39. The van der Waals surface area contributed by atoms with Crippen molar-refractivity contribution in [2.45, 2.75) is 18.9 Å². The molecule has 5 nitrogen and oxygen atoms in total. The molecular formula is C13H17BrN2O3S. The fourth-order valence-electron chi connectivity index (χ4n) is 2.20. The summed E-state index contributed by atoms with van der Waals surface area (Å²) in [5, 5.41) is 2.95.